The normalized spacial score (nSPS) is 12.0. The summed E-state index contributed by atoms with van der Waals surface area (Å²) in [6.45, 7) is 4.96. The lowest BCUT2D eigenvalue weighted by Gasteiger charge is -2.18. The third-order valence-corrected chi connectivity index (χ3v) is 4.67. The minimum Gasteiger partial charge on any atom is -0.505 e. The molecule has 0 saturated heterocycles. The van der Waals surface area contributed by atoms with Crippen LogP contribution < -0.4 is 5.32 Å². The van der Waals surface area contributed by atoms with Gasteiger partial charge in [-0.2, -0.15) is 0 Å². The molecule has 0 bridgehead atoms. The first-order valence-corrected chi connectivity index (χ1v) is 9.49. The van der Waals surface area contributed by atoms with Gasteiger partial charge in [-0.3, -0.25) is 9.59 Å². The molecular formula is C19H16Cl4N2O3. The molecule has 0 heterocycles. The fourth-order valence-electron chi connectivity index (χ4n) is 2.08. The molecule has 0 aromatic heterocycles. The second kappa shape index (κ2) is 8.70. The van der Waals surface area contributed by atoms with Crippen molar-refractivity contribution < 1.29 is 14.7 Å². The number of anilines is 1. The van der Waals surface area contributed by atoms with Crippen LogP contribution in [-0.2, 0) is 9.59 Å². The number of nitrogens with zero attached hydrogens (tertiary/aromatic N) is 1. The number of ketones is 1. The first-order valence-electron chi connectivity index (χ1n) is 7.98. The minimum absolute atomic E-state index is 0.0629. The van der Waals surface area contributed by atoms with Crippen molar-refractivity contribution in [3.05, 3.63) is 50.4 Å². The van der Waals surface area contributed by atoms with Crippen LogP contribution in [0.3, 0.4) is 0 Å². The summed E-state index contributed by atoms with van der Waals surface area (Å²) in [5.74, 6) is -1.60. The monoisotopic (exact) mass is 460 g/mol. The van der Waals surface area contributed by atoms with E-state index >= 15 is 0 Å². The molecule has 2 N–H and O–H groups in total. The number of rotatable bonds is 4. The third kappa shape index (κ3) is 5.39. The number of phenols is 1. The number of phenolic OH excluding ortho intramolecular Hbond substituents is 1. The standard InChI is InChI=1S/C19H16Cl4N2O3/c1-19(2,3)17(27)15(24-10-7-12(22)16(26)13(23)8-10)18(28)25-14-6-9(20)4-5-11(14)21/h4-8,26H,1-3H3,(H,25,28). The molecule has 0 unspecified atom stereocenters. The molecule has 0 aliphatic heterocycles. The van der Waals surface area contributed by atoms with E-state index in [1.54, 1.807) is 26.8 Å². The second-order valence-electron chi connectivity index (χ2n) is 6.88. The Kier molecular flexibility index (Phi) is 6.99. The van der Waals surface area contributed by atoms with Gasteiger partial charge in [0.1, 0.15) is 0 Å². The Labute approximate surface area is 182 Å². The van der Waals surface area contributed by atoms with E-state index in [0.717, 1.165) is 0 Å². The summed E-state index contributed by atoms with van der Waals surface area (Å²) in [5.41, 5.74) is -0.900. The van der Waals surface area contributed by atoms with E-state index in [1.807, 2.05) is 0 Å². The lowest BCUT2D eigenvalue weighted by molar-refractivity contribution is -0.121. The molecule has 5 nitrogen and oxygen atoms in total. The summed E-state index contributed by atoms with van der Waals surface area (Å²) in [4.78, 5) is 29.8. The second-order valence-corrected chi connectivity index (χ2v) is 8.53. The van der Waals surface area contributed by atoms with Gasteiger partial charge in [-0.25, -0.2) is 4.99 Å². The number of nitrogens with one attached hydrogen (secondary N) is 1. The van der Waals surface area contributed by atoms with Crippen LogP contribution in [0.25, 0.3) is 0 Å². The Morgan fingerprint density at radius 2 is 1.54 bits per heavy atom. The molecule has 0 fully saturated rings. The van der Waals surface area contributed by atoms with Crippen molar-refractivity contribution in [1.82, 2.24) is 0 Å². The van der Waals surface area contributed by atoms with Crippen LogP contribution in [0.1, 0.15) is 20.8 Å². The fourth-order valence-corrected chi connectivity index (χ4v) is 2.89. The quantitative estimate of drug-likeness (QED) is 0.412. The van der Waals surface area contributed by atoms with Crippen LogP contribution in [0.5, 0.6) is 5.75 Å². The van der Waals surface area contributed by atoms with Crippen LogP contribution in [0.4, 0.5) is 11.4 Å². The van der Waals surface area contributed by atoms with Gasteiger partial charge in [0.25, 0.3) is 5.91 Å². The van der Waals surface area contributed by atoms with Crippen molar-refractivity contribution in [3.63, 3.8) is 0 Å². The average Bonchev–Trinajstić information content (AvgIpc) is 2.59. The number of carbonyl (C=O) groups is 2. The molecular weight excluding hydrogens is 446 g/mol. The topological polar surface area (TPSA) is 78.8 Å². The van der Waals surface area contributed by atoms with Gasteiger partial charge in [-0.05, 0) is 30.3 Å². The highest BCUT2D eigenvalue weighted by atomic mass is 35.5. The highest BCUT2D eigenvalue weighted by Gasteiger charge is 2.31. The van der Waals surface area contributed by atoms with E-state index in [-0.39, 0.29) is 37.9 Å². The molecule has 0 aliphatic carbocycles. The Morgan fingerprint density at radius 3 is 2.07 bits per heavy atom. The molecule has 0 saturated carbocycles. The van der Waals surface area contributed by atoms with Gasteiger partial charge in [0.2, 0.25) is 0 Å². The van der Waals surface area contributed by atoms with E-state index < -0.39 is 17.1 Å². The van der Waals surface area contributed by atoms with Gasteiger partial charge in [-0.1, -0.05) is 67.2 Å². The van der Waals surface area contributed by atoms with Gasteiger partial charge in [0, 0.05) is 10.4 Å². The van der Waals surface area contributed by atoms with Gasteiger partial charge in [-0.15, -0.1) is 0 Å². The summed E-state index contributed by atoms with van der Waals surface area (Å²) < 4.78 is 0. The van der Waals surface area contributed by atoms with Crippen molar-refractivity contribution in [2.45, 2.75) is 20.8 Å². The van der Waals surface area contributed by atoms with Crippen molar-refractivity contribution in [2.24, 2.45) is 10.4 Å². The lowest BCUT2D eigenvalue weighted by Crippen LogP contribution is -2.37. The van der Waals surface area contributed by atoms with E-state index in [0.29, 0.717) is 5.02 Å². The number of Topliss-reactive ketones (excluding diaryl/α,β-unsaturated/α-hetero) is 1. The first-order chi connectivity index (χ1) is 12.9. The van der Waals surface area contributed by atoms with Gasteiger partial charge >= 0.3 is 0 Å². The van der Waals surface area contributed by atoms with Crippen molar-refractivity contribution in [3.8, 4) is 5.75 Å². The number of benzene rings is 2. The molecule has 0 atom stereocenters. The lowest BCUT2D eigenvalue weighted by atomic mass is 9.87. The minimum atomic E-state index is -0.890. The molecule has 2 aromatic rings. The van der Waals surface area contributed by atoms with E-state index in [4.69, 9.17) is 46.4 Å². The number of aromatic hydroxyl groups is 1. The molecule has 0 radical (unpaired) electrons. The summed E-state index contributed by atoms with van der Waals surface area (Å²) in [6.07, 6.45) is 0. The van der Waals surface area contributed by atoms with Gasteiger partial charge in [0.05, 0.1) is 26.4 Å². The molecule has 0 spiro atoms. The predicted molar refractivity (Wildman–Crippen MR) is 115 cm³/mol. The molecule has 9 heteroatoms. The SMILES string of the molecule is CC(C)(C)C(=O)C(=Nc1cc(Cl)c(O)c(Cl)c1)C(=O)Nc1cc(Cl)ccc1Cl. The number of aliphatic imine (C=N–C) groups is 1. The van der Waals surface area contributed by atoms with E-state index in [1.165, 1.54) is 24.3 Å². The number of hydrogen-bond acceptors (Lipinski definition) is 4. The average molecular weight is 462 g/mol. The maximum atomic E-state index is 12.8. The summed E-state index contributed by atoms with van der Waals surface area (Å²) >= 11 is 23.8. The molecule has 28 heavy (non-hydrogen) atoms. The van der Waals surface area contributed by atoms with Crippen LogP contribution in [0.2, 0.25) is 20.1 Å². The van der Waals surface area contributed by atoms with E-state index in [2.05, 4.69) is 10.3 Å². The molecule has 148 valence electrons. The maximum absolute atomic E-state index is 12.8. The first kappa shape index (κ1) is 22.5. The molecule has 2 aromatic carbocycles. The van der Waals surface area contributed by atoms with E-state index in [9.17, 15) is 14.7 Å². The third-order valence-electron chi connectivity index (χ3n) is 3.53. The van der Waals surface area contributed by atoms with Crippen LogP contribution >= 0.6 is 46.4 Å². The summed E-state index contributed by atoms with van der Waals surface area (Å²) in [6, 6.07) is 7.11. The molecule has 1 amide bonds. The number of amides is 1. The summed E-state index contributed by atoms with van der Waals surface area (Å²) in [5, 5.41) is 12.7. The van der Waals surface area contributed by atoms with Crippen molar-refractivity contribution in [1.29, 1.82) is 0 Å². The van der Waals surface area contributed by atoms with Crippen LogP contribution in [0, 0.1) is 5.41 Å². The van der Waals surface area contributed by atoms with Gasteiger partial charge < -0.3 is 10.4 Å². The Bertz CT molecular complexity index is 959. The highest BCUT2D eigenvalue weighted by molar-refractivity contribution is 6.68. The number of carbonyl (C=O) groups excluding carboxylic acids is 2. The molecule has 2 rings (SSSR count). The Hall–Kier alpha value is -1.79. The fraction of sp³-hybridized carbons (Fsp3) is 0.211. The smallest absolute Gasteiger partial charge is 0.278 e. The number of halogens is 4. The zero-order chi connectivity index (χ0) is 21.2. The zero-order valence-corrected chi connectivity index (χ0v) is 18.1. The van der Waals surface area contributed by atoms with Crippen molar-refractivity contribution in [2.75, 3.05) is 5.32 Å². The van der Waals surface area contributed by atoms with Crippen molar-refractivity contribution >= 4 is 75.2 Å². The number of hydrogen-bond donors (Lipinski definition) is 2. The largest absolute Gasteiger partial charge is 0.505 e. The maximum Gasteiger partial charge on any atom is 0.278 e. The van der Waals surface area contributed by atoms with Crippen LogP contribution in [0.15, 0.2) is 35.3 Å². The highest BCUT2D eigenvalue weighted by Crippen LogP contribution is 2.36. The van der Waals surface area contributed by atoms with Crippen LogP contribution in [-0.4, -0.2) is 22.5 Å². The predicted octanol–water partition coefficient (Wildman–Crippen LogP) is 6.33. The molecule has 0 aliphatic rings. The Balaban J connectivity index is 2.52. The Morgan fingerprint density at radius 1 is 0.964 bits per heavy atom. The summed E-state index contributed by atoms with van der Waals surface area (Å²) in [7, 11) is 0. The zero-order valence-electron chi connectivity index (χ0n) is 15.1. The van der Waals surface area contributed by atoms with Gasteiger partial charge in [0.15, 0.2) is 17.2 Å².